The van der Waals surface area contributed by atoms with Crippen LogP contribution in [0.3, 0.4) is 0 Å². The standard InChI is InChI=1S/C30H29F6N3O6/c1-18-4-6-24(45-18)15-38(13-19-5-7-25-26(9-19)44-17-43-25)27(40)16-39(14-23-3-2-8-42-23)28(41)37-22-11-20(29(31,32)33)10-21(12-22)30(34,35)36/h4-7,9-12,23H,2-3,8,13-17H2,1H3,(H,37,41). The molecule has 1 N–H and O–H groups in total. The molecule has 0 spiro atoms. The summed E-state index contributed by atoms with van der Waals surface area (Å²) in [4.78, 5) is 29.6. The summed E-state index contributed by atoms with van der Waals surface area (Å²) in [7, 11) is 0. The Labute approximate surface area is 253 Å². The van der Waals surface area contributed by atoms with Gasteiger partial charge in [0, 0.05) is 25.4 Å². The van der Waals surface area contributed by atoms with Crippen LogP contribution >= 0.6 is 0 Å². The van der Waals surface area contributed by atoms with E-state index in [0.29, 0.717) is 60.2 Å². The Morgan fingerprint density at radius 3 is 2.22 bits per heavy atom. The van der Waals surface area contributed by atoms with Crippen molar-refractivity contribution in [1.29, 1.82) is 0 Å². The van der Waals surface area contributed by atoms with Crippen molar-refractivity contribution in [3.8, 4) is 11.5 Å². The average Bonchev–Trinajstić information content (AvgIpc) is 3.74. The van der Waals surface area contributed by atoms with Crippen molar-refractivity contribution in [2.75, 3.05) is 31.8 Å². The fourth-order valence-corrected chi connectivity index (χ4v) is 5.00. The number of benzene rings is 2. The number of carbonyl (C=O) groups is 2. The molecule has 3 amide bonds. The van der Waals surface area contributed by atoms with Crippen LogP contribution in [0.2, 0.25) is 0 Å². The number of nitrogens with zero attached hydrogens (tertiary/aromatic N) is 2. The van der Waals surface area contributed by atoms with Gasteiger partial charge in [-0.3, -0.25) is 4.79 Å². The third-order valence-electron chi connectivity index (χ3n) is 7.21. The number of hydrogen-bond donors (Lipinski definition) is 1. The minimum atomic E-state index is -5.10. The first-order valence-electron chi connectivity index (χ1n) is 13.9. The van der Waals surface area contributed by atoms with Gasteiger partial charge in [-0.1, -0.05) is 6.07 Å². The van der Waals surface area contributed by atoms with Crippen molar-refractivity contribution in [2.24, 2.45) is 0 Å². The SMILES string of the molecule is Cc1ccc(CN(Cc2ccc3c(c2)OCO3)C(=O)CN(CC2CCCO2)C(=O)Nc2cc(C(F)(F)F)cc(C(F)(F)F)c2)o1. The van der Waals surface area contributed by atoms with Gasteiger partial charge >= 0.3 is 18.4 Å². The highest BCUT2D eigenvalue weighted by Gasteiger charge is 2.37. The largest absolute Gasteiger partial charge is 0.464 e. The zero-order valence-electron chi connectivity index (χ0n) is 24.0. The molecule has 3 aromatic rings. The van der Waals surface area contributed by atoms with Gasteiger partial charge in [0.15, 0.2) is 11.5 Å². The molecule has 5 rings (SSSR count). The molecule has 2 aromatic carbocycles. The lowest BCUT2D eigenvalue weighted by atomic mass is 10.1. The Morgan fingerprint density at radius 2 is 1.60 bits per heavy atom. The van der Waals surface area contributed by atoms with E-state index in [-0.39, 0.29) is 32.5 Å². The number of fused-ring (bicyclic) bond motifs is 1. The third-order valence-corrected chi connectivity index (χ3v) is 7.21. The predicted molar refractivity (Wildman–Crippen MR) is 146 cm³/mol. The van der Waals surface area contributed by atoms with Crippen molar-refractivity contribution in [1.82, 2.24) is 9.80 Å². The molecule has 1 atom stereocenters. The molecule has 1 unspecified atom stereocenters. The number of urea groups is 1. The number of nitrogens with one attached hydrogen (secondary N) is 1. The van der Waals surface area contributed by atoms with Gasteiger partial charge in [-0.15, -0.1) is 0 Å². The van der Waals surface area contributed by atoms with Gasteiger partial charge in [-0.05, 0) is 67.8 Å². The maximum atomic E-state index is 13.8. The van der Waals surface area contributed by atoms with Gasteiger partial charge in [0.1, 0.15) is 18.1 Å². The highest BCUT2D eigenvalue weighted by molar-refractivity contribution is 5.92. The maximum absolute atomic E-state index is 13.8. The number of furan rings is 1. The van der Waals surface area contributed by atoms with Crippen molar-refractivity contribution >= 4 is 17.6 Å². The quantitative estimate of drug-likeness (QED) is 0.265. The molecule has 0 radical (unpaired) electrons. The Kier molecular flexibility index (Phi) is 9.18. The first-order chi connectivity index (χ1) is 21.2. The van der Waals surface area contributed by atoms with E-state index in [2.05, 4.69) is 5.32 Å². The van der Waals surface area contributed by atoms with Crippen LogP contribution in [0.25, 0.3) is 0 Å². The lowest BCUT2D eigenvalue weighted by Crippen LogP contribution is -2.46. The van der Waals surface area contributed by atoms with Gasteiger partial charge < -0.3 is 33.7 Å². The maximum Gasteiger partial charge on any atom is 0.416 e. The second kappa shape index (κ2) is 12.9. The van der Waals surface area contributed by atoms with Crippen LogP contribution < -0.4 is 14.8 Å². The van der Waals surface area contributed by atoms with E-state index < -0.39 is 53.8 Å². The second-order valence-electron chi connectivity index (χ2n) is 10.7. The van der Waals surface area contributed by atoms with Crippen molar-refractivity contribution in [2.45, 2.75) is 51.3 Å². The number of amides is 3. The minimum Gasteiger partial charge on any atom is -0.464 e. The van der Waals surface area contributed by atoms with Crippen LogP contribution in [-0.2, 0) is 35.0 Å². The summed E-state index contributed by atoms with van der Waals surface area (Å²) >= 11 is 0. The molecule has 0 saturated carbocycles. The van der Waals surface area contributed by atoms with Crippen molar-refractivity contribution < 1.29 is 54.6 Å². The number of carbonyl (C=O) groups excluding carboxylic acids is 2. The van der Waals surface area contributed by atoms with Crippen LogP contribution in [-0.4, -0.2) is 54.3 Å². The smallest absolute Gasteiger partial charge is 0.416 e. The minimum absolute atomic E-state index is 0.0130. The normalized spacial score (nSPS) is 16.1. The monoisotopic (exact) mass is 641 g/mol. The molecule has 45 heavy (non-hydrogen) atoms. The van der Waals surface area contributed by atoms with Gasteiger partial charge in [0.25, 0.3) is 0 Å². The highest BCUT2D eigenvalue weighted by atomic mass is 19.4. The van der Waals surface area contributed by atoms with Gasteiger partial charge in [-0.25, -0.2) is 4.79 Å². The number of anilines is 1. The summed E-state index contributed by atoms with van der Waals surface area (Å²) in [6.07, 6.45) is -9.45. The molecular weight excluding hydrogens is 612 g/mol. The number of ether oxygens (including phenoxy) is 3. The predicted octanol–water partition coefficient (Wildman–Crippen LogP) is 6.60. The van der Waals surface area contributed by atoms with E-state index in [0.717, 1.165) is 4.90 Å². The van der Waals surface area contributed by atoms with Crippen LogP contribution in [0.1, 0.15) is 41.1 Å². The topological polar surface area (TPSA) is 93.5 Å². The van der Waals surface area contributed by atoms with Crippen LogP contribution in [0.4, 0.5) is 36.8 Å². The van der Waals surface area contributed by atoms with E-state index in [4.69, 9.17) is 18.6 Å². The Balaban J connectivity index is 1.39. The first kappa shape index (κ1) is 32.0. The lowest BCUT2D eigenvalue weighted by Gasteiger charge is -2.29. The van der Waals surface area contributed by atoms with Crippen molar-refractivity contribution in [3.63, 3.8) is 0 Å². The number of hydrogen-bond acceptors (Lipinski definition) is 6. The summed E-state index contributed by atoms with van der Waals surface area (Å²) in [6, 6.07) is 8.27. The molecule has 1 saturated heterocycles. The van der Waals surface area contributed by atoms with E-state index in [1.807, 2.05) is 0 Å². The number of alkyl halides is 6. The fraction of sp³-hybridized carbons (Fsp3) is 0.400. The molecular formula is C30H29F6N3O6. The van der Waals surface area contributed by atoms with Crippen LogP contribution in [0, 0.1) is 6.92 Å². The third kappa shape index (κ3) is 8.21. The molecule has 0 bridgehead atoms. The Hall–Kier alpha value is -4.40. The second-order valence-corrected chi connectivity index (χ2v) is 10.7. The molecule has 9 nitrogen and oxygen atoms in total. The average molecular weight is 642 g/mol. The van der Waals surface area contributed by atoms with E-state index in [1.54, 1.807) is 37.3 Å². The Morgan fingerprint density at radius 1 is 0.889 bits per heavy atom. The van der Waals surface area contributed by atoms with Crippen LogP contribution in [0.5, 0.6) is 11.5 Å². The Bertz CT molecular complexity index is 1500. The molecule has 1 aromatic heterocycles. The van der Waals surface area contributed by atoms with Gasteiger partial charge in [0.2, 0.25) is 12.7 Å². The summed E-state index contributed by atoms with van der Waals surface area (Å²) < 4.78 is 103. The van der Waals surface area contributed by atoms with E-state index in [9.17, 15) is 35.9 Å². The zero-order chi connectivity index (χ0) is 32.4. The highest BCUT2D eigenvalue weighted by Crippen LogP contribution is 2.38. The molecule has 2 aliphatic heterocycles. The van der Waals surface area contributed by atoms with Crippen LogP contribution in [0.15, 0.2) is 52.9 Å². The number of rotatable bonds is 9. The molecule has 0 aliphatic carbocycles. The number of aryl methyl sites for hydroxylation is 1. The fourth-order valence-electron chi connectivity index (χ4n) is 5.00. The molecule has 1 fully saturated rings. The molecule has 3 heterocycles. The zero-order valence-corrected chi connectivity index (χ0v) is 24.0. The molecule has 2 aliphatic rings. The summed E-state index contributed by atoms with van der Waals surface area (Å²) in [5.41, 5.74) is -3.22. The molecule has 242 valence electrons. The lowest BCUT2D eigenvalue weighted by molar-refractivity contribution is -0.143. The van der Waals surface area contributed by atoms with Crippen molar-refractivity contribution in [3.05, 3.63) is 76.7 Å². The summed E-state index contributed by atoms with van der Waals surface area (Å²) in [6.45, 7) is 1.59. The van der Waals surface area contributed by atoms with Gasteiger partial charge in [0.05, 0.1) is 23.8 Å². The summed E-state index contributed by atoms with van der Waals surface area (Å²) in [5.74, 6) is 1.54. The molecule has 15 heteroatoms. The first-order valence-corrected chi connectivity index (χ1v) is 13.9. The van der Waals surface area contributed by atoms with E-state index in [1.165, 1.54) is 4.90 Å². The summed E-state index contributed by atoms with van der Waals surface area (Å²) in [5, 5.41) is 2.13. The van der Waals surface area contributed by atoms with Gasteiger partial charge in [-0.2, -0.15) is 26.3 Å². The number of halogens is 6. The van der Waals surface area contributed by atoms with E-state index >= 15 is 0 Å².